The van der Waals surface area contributed by atoms with Gasteiger partial charge in [-0.2, -0.15) is 0 Å². The zero-order chi connectivity index (χ0) is 13.0. The third kappa shape index (κ3) is 3.47. The van der Waals surface area contributed by atoms with Crippen LogP contribution in [0.4, 0.5) is 0 Å². The number of hydrogen-bond donors (Lipinski definition) is 2. The summed E-state index contributed by atoms with van der Waals surface area (Å²) in [6.45, 7) is 5.46. The number of carbonyl (C=O) groups excluding carboxylic acids is 1. The van der Waals surface area contributed by atoms with Gasteiger partial charge in [0.25, 0.3) is 0 Å². The van der Waals surface area contributed by atoms with Gasteiger partial charge in [-0.3, -0.25) is 4.79 Å². The second-order valence-corrected chi connectivity index (χ2v) is 6.28. The van der Waals surface area contributed by atoms with Crippen LogP contribution in [-0.4, -0.2) is 24.5 Å². The van der Waals surface area contributed by atoms with Gasteiger partial charge in [0.2, 0.25) is 5.91 Å². The number of rotatable bonds is 2. The summed E-state index contributed by atoms with van der Waals surface area (Å²) in [5.74, 6) is 1.34. The standard InChI is InChI=1S/C15H28N2O/c1-11-7-4-3-5-9-13(11)17-15(18)14-12(2)8-6-10-16-14/h11-14,16H,3-10H2,1-2H3,(H,17,18). The molecule has 2 fully saturated rings. The van der Waals surface area contributed by atoms with Crippen LogP contribution in [0, 0.1) is 11.8 Å². The van der Waals surface area contributed by atoms with Crippen molar-refractivity contribution in [3.8, 4) is 0 Å². The van der Waals surface area contributed by atoms with Crippen molar-refractivity contribution in [2.45, 2.75) is 70.9 Å². The number of hydrogen-bond acceptors (Lipinski definition) is 2. The molecule has 0 aromatic heterocycles. The van der Waals surface area contributed by atoms with E-state index in [0.29, 0.717) is 17.9 Å². The summed E-state index contributed by atoms with van der Waals surface area (Å²) in [7, 11) is 0. The molecular formula is C15H28N2O. The lowest BCUT2D eigenvalue weighted by atomic mass is 9.91. The highest BCUT2D eigenvalue weighted by molar-refractivity contribution is 5.82. The van der Waals surface area contributed by atoms with Crippen molar-refractivity contribution >= 4 is 5.91 Å². The van der Waals surface area contributed by atoms with Gasteiger partial charge in [0, 0.05) is 6.04 Å². The Bertz CT molecular complexity index is 280. The van der Waals surface area contributed by atoms with Gasteiger partial charge < -0.3 is 10.6 Å². The minimum absolute atomic E-state index is 0.0363. The number of piperidine rings is 1. The van der Waals surface area contributed by atoms with E-state index in [1.165, 1.54) is 38.5 Å². The molecule has 1 amide bonds. The van der Waals surface area contributed by atoms with Gasteiger partial charge in [0.15, 0.2) is 0 Å². The molecule has 3 nitrogen and oxygen atoms in total. The Labute approximate surface area is 111 Å². The first-order valence-electron chi connectivity index (χ1n) is 7.72. The molecule has 18 heavy (non-hydrogen) atoms. The molecule has 0 radical (unpaired) electrons. The number of carbonyl (C=O) groups is 1. The fourth-order valence-electron chi connectivity index (χ4n) is 3.38. The van der Waals surface area contributed by atoms with Crippen LogP contribution in [0.15, 0.2) is 0 Å². The minimum Gasteiger partial charge on any atom is -0.352 e. The molecule has 1 aliphatic carbocycles. The number of nitrogens with one attached hydrogen (secondary N) is 2. The summed E-state index contributed by atoms with van der Waals surface area (Å²) >= 11 is 0. The Morgan fingerprint density at radius 3 is 2.50 bits per heavy atom. The van der Waals surface area contributed by atoms with Gasteiger partial charge in [0.05, 0.1) is 6.04 Å². The van der Waals surface area contributed by atoms with Crippen molar-refractivity contribution in [3.05, 3.63) is 0 Å². The summed E-state index contributed by atoms with van der Waals surface area (Å²) in [4.78, 5) is 12.4. The fourth-order valence-corrected chi connectivity index (χ4v) is 3.38. The smallest absolute Gasteiger partial charge is 0.237 e. The maximum Gasteiger partial charge on any atom is 0.237 e. The highest BCUT2D eigenvalue weighted by Gasteiger charge is 2.30. The summed E-state index contributed by atoms with van der Waals surface area (Å²) in [6.07, 6.45) is 8.71. The lowest BCUT2D eigenvalue weighted by molar-refractivity contribution is -0.126. The third-order valence-electron chi connectivity index (χ3n) is 4.74. The van der Waals surface area contributed by atoms with E-state index in [1.807, 2.05) is 0 Å². The molecule has 0 aromatic rings. The monoisotopic (exact) mass is 252 g/mol. The average Bonchev–Trinajstić information content (AvgIpc) is 2.55. The molecule has 104 valence electrons. The average molecular weight is 252 g/mol. The Morgan fingerprint density at radius 2 is 1.72 bits per heavy atom. The molecule has 1 heterocycles. The Hall–Kier alpha value is -0.570. The SMILES string of the molecule is CC1CCCCCC1NC(=O)C1NCCCC1C. The Kier molecular flexibility index (Phi) is 5.04. The van der Waals surface area contributed by atoms with Gasteiger partial charge in [-0.25, -0.2) is 0 Å². The van der Waals surface area contributed by atoms with Crippen molar-refractivity contribution in [1.29, 1.82) is 0 Å². The largest absolute Gasteiger partial charge is 0.352 e. The second kappa shape index (κ2) is 6.55. The lowest BCUT2D eigenvalue weighted by Gasteiger charge is -2.32. The van der Waals surface area contributed by atoms with E-state index in [9.17, 15) is 4.79 Å². The summed E-state index contributed by atoms with van der Waals surface area (Å²) in [6, 6.07) is 0.435. The highest BCUT2D eigenvalue weighted by Crippen LogP contribution is 2.23. The minimum atomic E-state index is 0.0363. The van der Waals surface area contributed by atoms with Crippen LogP contribution in [0.1, 0.15) is 58.8 Å². The molecule has 0 bridgehead atoms. The van der Waals surface area contributed by atoms with Gasteiger partial charge >= 0.3 is 0 Å². The molecule has 4 atom stereocenters. The Morgan fingerprint density at radius 1 is 1.00 bits per heavy atom. The highest BCUT2D eigenvalue weighted by atomic mass is 16.2. The predicted octanol–water partition coefficient (Wildman–Crippen LogP) is 2.46. The lowest BCUT2D eigenvalue weighted by Crippen LogP contribution is -2.54. The van der Waals surface area contributed by atoms with Crippen molar-refractivity contribution in [2.24, 2.45) is 11.8 Å². The molecule has 2 aliphatic rings. The van der Waals surface area contributed by atoms with Crippen LogP contribution in [-0.2, 0) is 4.79 Å². The van der Waals surface area contributed by atoms with Gasteiger partial charge in [-0.05, 0) is 44.1 Å². The zero-order valence-electron chi connectivity index (χ0n) is 11.9. The molecular weight excluding hydrogens is 224 g/mol. The molecule has 0 spiro atoms. The van der Waals surface area contributed by atoms with Crippen LogP contribution in [0.2, 0.25) is 0 Å². The first-order valence-corrected chi connectivity index (χ1v) is 7.72. The molecule has 1 aliphatic heterocycles. The van der Waals surface area contributed by atoms with E-state index >= 15 is 0 Å². The van der Waals surface area contributed by atoms with E-state index in [2.05, 4.69) is 24.5 Å². The van der Waals surface area contributed by atoms with E-state index in [0.717, 1.165) is 13.0 Å². The summed E-state index contributed by atoms with van der Waals surface area (Å²) in [5, 5.41) is 6.68. The van der Waals surface area contributed by atoms with Crippen molar-refractivity contribution in [1.82, 2.24) is 10.6 Å². The van der Waals surface area contributed by atoms with Crippen molar-refractivity contribution < 1.29 is 4.79 Å². The summed E-state index contributed by atoms with van der Waals surface area (Å²) in [5.41, 5.74) is 0. The molecule has 3 heteroatoms. The number of amides is 1. The van der Waals surface area contributed by atoms with Crippen LogP contribution in [0.25, 0.3) is 0 Å². The van der Waals surface area contributed by atoms with Crippen LogP contribution in [0.3, 0.4) is 0 Å². The quantitative estimate of drug-likeness (QED) is 0.741. The third-order valence-corrected chi connectivity index (χ3v) is 4.74. The molecule has 1 saturated carbocycles. The van der Waals surface area contributed by atoms with E-state index < -0.39 is 0 Å². The maximum absolute atomic E-state index is 12.4. The molecule has 2 N–H and O–H groups in total. The second-order valence-electron chi connectivity index (χ2n) is 6.28. The topological polar surface area (TPSA) is 41.1 Å². The maximum atomic E-state index is 12.4. The van der Waals surface area contributed by atoms with Crippen molar-refractivity contribution in [3.63, 3.8) is 0 Å². The van der Waals surface area contributed by atoms with Gasteiger partial charge in [-0.1, -0.05) is 33.1 Å². The van der Waals surface area contributed by atoms with Crippen molar-refractivity contribution in [2.75, 3.05) is 6.54 Å². The van der Waals surface area contributed by atoms with Gasteiger partial charge in [0.1, 0.15) is 0 Å². The first kappa shape index (κ1) is 13.9. The molecule has 4 unspecified atom stereocenters. The van der Waals surface area contributed by atoms with Crippen LogP contribution < -0.4 is 10.6 Å². The normalized spacial score (nSPS) is 37.9. The van der Waals surface area contributed by atoms with E-state index in [4.69, 9.17) is 0 Å². The predicted molar refractivity (Wildman–Crippen MR) is 74.4 cm³/mol. The fraction of sp³-hybridized carbons (Fsp3) is 0.933. The zero-order valence-corrected chi connectivity index (χ0v) is 11.9. The van der Waals surface area contributed by atoms with Crippen LogP contribution in [0.5, 0.6) is 0 Å². The van der Waals surface area contributed by atoms with E-state index in [1.54, 1.807) is 0 Å². The molecule has 2 rings (SSSR count). The van der Waals surface area contributed by atoms with Gasteiger partial charge in [-0.15, -0.1) is 0 Å². The van der Waals surface area contributed by atoms with E-state index in [-0.39, 0.29) is 11.9 Å². The first-order chi connectivity index (χ1) is 8.68. The molecule has 1 saturated heterocycles. The molecule has 0 aromatic carbocycles. The Balaban J connectivity index is 1.88. The van der Waals surface area contributed by atoms with Crippen LogP contribution >= 0.6 is 0 Å². The summed E-state index contributed by atoms with van der Waals surface area (Å²) < 4.78 is 0.